The maximum absolute atomic E-state index is 3.38. The smallest absolute Gasteiger partial charge is 0.0220 e. The van der Waals surface area contributed by atoms with Gasteiger partial charge in [-0.15, -0.1) is 0 Å². The highest BCUT2D eigenvalue weighted by atomic mass is 15.2. The van der Waals surface area contributed by atoms with Crippen LogP contribution in [0.5, 0.6) is 0 Å². The largest absolute Gasteiger partial charge is 0.318 e. The topological polar surface area (TPSA) is 15.3 Å². The minimum Gasteiger partial charge on any atom is -0.318 e. The van der Waals surface area contributed by atoms with E-state index < -0.39 is 0 Å². The Morgan fingerprint density at radius 2 is 1.94 bits per heavy atom. The molecule has 2 nitrogen and oxygen atoms in total. The summed E-state index contributed by atoms with van der Waals surface area (Å²) in [6.07, 6.45) is 10.1. The highest BCUT2D eigenvalue weighted by Gasteiger charge is 2.33. The van der Waals surface area contributed by atoms with Crippen molar-refractivity contribution in [2.45, 2.75) is 57.9 Å². The average Bonchev–Trinajstić information content (AvgIpc) is 2.38. The molecule has 3 unspecified atom stereocenters. The SMILES string of the molecule is CCCC(CNC)N1CCC2CCCCC2C1. The summed E-state index contributed by atoms with van der Waals surface area (Å²) in [5.74, 6) is 2.09. The number of likely N-dealkylation sites (tertiary alicyclic amines) is 1. The second-order valence-electron chi connectivity index (χ2n) is 6.09. The maximum atomic E-state index is 3.38. The van der Waals surface area contributed by atoms with Gasteiger partial charge in [-0.1, -0.05) is 32.6 Å². The minimum absolute atomic E-state index is 0.785. The number of hydrogen-bond acceptors (Lipinski definition) is 2. The molecule has 2 aliphatic rings. The van der Waals surface area contributed by atoms with E-state index in [0.717, 1.165) is 17.9 Å². The van der Waals surface area contributed by atoms with E-state index in [0.29, 0.717) is 0 Å². The van der Waals surface area contributed by atoms with Crippen molar-refractivity contribution in [1.29, 1.82) is 0 Å². The standard InChI is InChI=1S/C15H30N2/c1-3-6-15(11-16-2)17-10-9-13-7-4-5-8-14(13)12-17/h13-16H,3-12H2,1-2H3. The first kappa shape index (κ1) is 13.4. The van der Waals surface area contributed by atoms with E-state index in [1.807, 2.05) is 0 Å². The summed E-state index contributed by atoms with van der Waals surface area (Å²) in [4.78, 5) is 2.78. The van der Waals surface area contributed by atoms with Crippen LogP contribution < -0.4 is 5.32 Å². The summed E-state index contributed by atoms with van der Waals surface area (Å²) in [6.45, 7) is 6.23. The molecule has 0 bridgehead atoms. The van der Waals surface area contributed by atoms with Crippen molar-refractivity contribution >= 4 is 0 Å². The Kier molecular flexibility index (Phi) is 5.30. The number of likely N-dealkylation sites (N-methyl/N-ethyl adjacent to an activating group) is 1. The molecule has 1 heterocycles. The van der Waals surface area contributed by atoms with Crippen LogP contribution in [0.3, 0.4) is 0 Å². The zero-order valence-corrected chi connectivity index (χ0v) is 11.8. The van der Waals surface area contributed by atoms with E-state index in [9.17, 15) is 0 Å². The van der Waals surface area contributed by atoms with Crippen molar-refractivity contribution < 1.29 is 0 Å². The Morgan fingerprint density at radius 3 is 2.65 bits per heavy atom. The fraction of sp³-hybridized carbons (Fsp3) is 1.00. The molecular formula is C15H30N2. The molecular weight excluding hydrogens is 208 g/mol. The number of piperidine rings is 1. The average molecular weight is 238 g/mol. The van der Waals surface area contributed by atoms with Gasteiger partial charge in [0.1, 0.15) is 0 Å². The van der Waals surface area contributed by atoms with Crippen LogP contribution in [0, 0.1) is 11.8 Å². The van der Waals surface area contributed by atoms with Gasteiger partial charge in [0.2, 0.25) is 0 Å². The first-order valence-electron chi connectivity index (χ1n) is 7.73. The zero-order chi connectivity index (χ0) is 12.1. The Bertz CT molecular complexity index is 211. The molecule has 17 heavy (non-hydrogen) atoms. The summed E-state index contributed by atoms with van der Waals surface area (Å²) in [5, 5.41) is 3.38. The Morgan fingerprint density at radius 1 is 1.18 bits per heavy atom. The molecule has 1 aliphatic carbocycles. The highest BCUT2D eigenvalue weighted by molar-refractivity contribution is 4.86. The van der Waals surface area contributed by atoms with Gasteiger partial charge in [0.05, 0.1) is 0 Å². The molecule has 0 radical (unpaired) electrons. The quantitative estimate of drug-likeness (QED) is 0.792. The third-order valence-corrected chi connectivity index (χ3v) is 4.90. The van der Waals surface area contributed by atoms with Crippen LogP contribution in [0.4, 0.5) is 0 Å². The molecule has 1 saturated heterocycles. The number of rotatable bonds is 5. The van der Waals surface area contributed by atoms with Crippen LogP contribution in [-0.4, -0.2) is 37.6 Å². The van der Waals surface area contributed by atoms with Crippen LogP contribution in [0.1, 0.15) is 51.9 Å². The normalized spacial score (nSPS) is 32.1. The van der Waals surface area contributed by atoms with Gasteiger partial charge in [0.15, 0.2) is 0 Å². The lowest BCUT2D eigenvalue weighted by Crippen LogP contribution is -2.49. The van der Waals surface area contributed by atoms with E-state index in [1.54, 1.807) is 0 Å². The van der Waals surface area contributed by atoms with Crippen molar-refractivity contribution in [2.24, 2.45) is 11.8 Å². The molecule has 1 saturated carbocycles. The van der Waals surface area contributed by atoms with Gasteiger partial charge < -0.3 is 5.32 Å². The number of nitrogens with one attached hydrogen (secondary N) is 1. The maximum Gasteiger partial charge on any atom is 0.0220 e. The predicted octanol–water partition coefficient (Wildman–Crippen LogP) is 2.89. The Labute approximate surface area is 107 Å². The first-order chi connectivity index (χ1) is 8.35. The predicted molar refractivity (Wildman–Crippen MR) is 74.3 cm³/mol. The molecule has 100 valence electrons. The van der Waals surface area contributed by atoms with Gasteiger partial charge in [-0.25, -0.2) is 0 Å². The lowest BCUT2D eigenvalue weighted by atomic mass is 9.75. The van der Waals surface area contributed by atoms with Crippen LogP contribution in [-0.2, 0) is 0 Å². The molecule has 3 atom stereocenters. The molecule has 2 rings (SSSR count). The summed E-state index contributed by atoms with van der Waals surface area (Å²) >= 11 is 0. The number of nitrogens with zero attached hydrogens (tertiary/aromatic N) is 1. The monoisotopic (exact) mass is 238 g/mol. The lowest BCUT2D eigenvalue weighted by molar-refractivity contribution is 0.0540. The number of fused-ring (bicyclic) bond motifs is 1. The Hall–Kier alpha value is -0.0800. The van der Waals surface area contributed by atoms with Crippen LogP contribution in [0.15, 0.2) is 0 Å². The van der Waals surface area contributed by atoms with Crippen LogP contribution >= 0.6 is 0 Å². The van der Waals surface area contributed by atoms with Gasteiger partial charge >= 0.3 is 0 Å². The molecule has 0 aromatic carbocycles. The van der Waals surface area contributed by atoms with Crippen LogP contribution in [0.2, 0.25) is 0 Å². The molecule has 2 fully saturated rings. The minimum atomic E-state index is 0.785. The molecule has 1 N–H and O–H groups in total. The third-order valence-electron chi connectivity index (χ3n) is 4.90. The fourth-order valence-corrected chi connectivity index (χ4v) is 3.94. The van der Waals surface area contributed by atoms with Crippen molar-refractivity contribution in [2.75, 3.05) is 26.7 Å². The van der Waals surface area contributed by atoms with Crippen molar-refractivity contribution in [1.82, 2.24) is 10.2 Å². The Balaban J connectivity index is 1.88. The third kappa shape index (κ3) is 3.45. The highest BCUT2D eigenvalue weighted by Crippen LogP contribution is 2.36. The van der Waals surface area contributed by atoms with Crippen molar-refractivity contribution in [3.8, 4) is 0 Å². The molecule has 1 aliphatic heterocycles. The summed E-state index contributed by atoms with van der Waals surface area (Å²) in [6, 6.07) is 0.785. The van der Waals surface area contributed by atoms with E-state index >= 15 is 0 Å². The van der Waals surface area contributed by atoms with E-state index in [4.69, 9.17) is 0 Å². The van der Waals surface area contributed by atoms with E-state index in [1.165, 1.54) is 64.6 Å². The molecule has 0 amide bonds. The molecule has 0 aromatic rings. The van der Waals surface area contributed by atoms with E-state index in [-0.39, 0.29) is 0 Å². The molecule has 2 heteroatoms. The van der Waals surface area contributed by atoms with Crippen molar-refractivity contribution in [3.05, 3.63) is 0 Å². The van der Waals surface area contributed by atoms with Crippen molar-refractivity contribution in [3.63, 3.8) is 0 Å². The summed E-state index contributed by atoms with van der Waals surface area (Å²) < 4.78 is 0. The lowest BCUT2D eigenvalue weighted by Gasteiger charge is -2.44. The van der Waals surface area contributed by atoms with Gasteiger partial charge in [-0.3, -0.25) is 4.90 Å². The van der Waals surface area contributed by atoms with E-state index in [2.05, 4.69) is 24.2 Å². The number of hydrogen-bond donors (Lipinski definition) is 1. The van der Waals surface area contributed by atoms with Gasteiger partial charge in [0, 0.05) is 19.1 Å². The fourth-order valence-electron chi connectivity index (χ4n) is 3.94. The van der Waals surface area contributed by atoms with Gasteiger partial charge in [-0.05, 0) is 44.7 Å². The summed E-state index contributed by atoms with van der Waals surface area (Å²) in [7, 11) is 2.09. The zero-order valence-electron chi connectivity index (χ0n) is 11.8. The summed E-state index contributed by atoms with van der Waals surface area (Å²) in [5.41, 5.74) is 0. The second kappa shape index (κ2) is 6.75. The van der Waals surface area contributed by atoms with Gasteiger partial charge in [-0.2, -0.15) is 0 Å². The van der Waals surface area contributed by atoms with Gasteiger partial charge in [0.25, 0.3) is 0 Å². The first-order valence-corrected chi connectivity index (χ1v) is 7.73. The second-order valence-corrected chi connectivity index (χ2v) is 6.09. The molecule has 0 spiro atoms. The molecule has 0 aromatic heterocycles. The van der Waals surface area contributed by atoms with Crippen LogP contribution in [0.25, 0.3) is 0 Å².